The van der Waals surface area contributed by atoms with Gasteiger partial charge < -0.3 is 41.2 Å². The molecule has 10 aromatic heterocycles. The number of para-hydroxylation sites is 2. The molecule has 125 heavy (non-hydrogen) atoms. The van der Waals surface area contributed by atoms with Gasteiger partial charge in [0.15, 0.2) is 23.3 Å². The Bertz CT molecular complexity index is 5410. The number of nitrogen functional groups attached to an aromatic ring is 4. The summed E-state index contributed by atoms with van der Waals surface area (Å²) < 4.78 is 8.31. The largest absolute Gasteiger partial charge is 0.382 e. The first kappa shape index (κ1) is 99.1. The molecule has 6 aromatic carbocycles. The van der Waals surface area contributed by atoms with Crippen LogP contribution in [0.25, 0.3) is 49.8 Å². The van der Waals surface area contributed by atoms with E-state index in [9.17, 15) is 0 Å². The van der Waals surface area contributed by atoms with Crippen molar-refractivity contribution < 1.29 is 0 Å². The Morgan fingerprint density at radius 3 is 0.896 bits per heavy atom. The first-order valence-corrected chi connectivity index (χ1v) is 45.5. The fourth-order valence-electron chi connectivity index (χ4n) is 16.4. The van der Waals surface area contributed by atoms with Gasteiger partial charge in [0.05, 0.1) is 27.8 Å². The van der Waals surface area contributed by atoms with Crippen molar-refractivity contribution in [1.82, 2.24) is 73.3 Å². The number of rotatable bonds is 5. The van der Waals surface area contributed by atoms with Gasteiger partial charge in [0.1, 0.15) is 47.4 Å². The molecule has 1 aliphatic heterocycles. The minimum Gasteiger partial charge on any atom is -0.382 e. The van der Waals surface area contributed by atoms with E-state index >= 15 is 0 Å². The first-order valence-electron chi connectivity index (χ1n) is 45.5. The summed E-state index contributed by atoms with van der Waals surface area (Å²) >= 11 is 0. The quantitative estimate of drug-likeness (QED) is 0.107. The molecule has 4 unspecified atom stereocenters. The second-order valence-electron chi connectivity index (χ2n) is 28.5. The number of fused-ring (bicyclic) bond motifs is 9. The van der Waals surface area contributed by atoms with Gasteiger partial charge in [-0.3, -0.25) is 15.1 Å². The Morgan fingerprint density at radius 1 is 0.304 bits per heavy atom. The minimum atomic E-state index is 0.451. The van der Waals surface area contributed by atoms with E-state index in [-0.39, 0.29) is 0 Å². The average Bonchev–Trinajstić information content (AvgIpc) is 1.61. The number of hydrogen-bond acceptors (Lipinski definition) is 15. The van der Waals surface area contributed by atoms with Gasteiger partial charge in [-0.15, -0.1) is 0 Å². The third kappa shape index (κ3) is 25.6. The standard InChI is InChI=1S/C22H20N4.3C17H18N4.C8H7N.C5H5N.C3H4N2.8C2H6/c23-22-21-20(24-14-25-22)19(13-26(21)18-8-2-1-3-9-18)17-11-10-15-6-4-5-7-16(15)12-17;3*1-21-9-14(15-16(21)17(18)20-10-19-15)13-7-6-11-4-2-3-5-12(11)8-13;1-2-4-8-7(3-1)5-6-9-8;1-2-4-6-5-3-1;1-2-4-5-3-1;8*1-2/h1-9,13-14,17H,10-12H2,(H2,23,24,25);3*2-5,9-10,13H,6-8H2,1H3,(H2,18,19,20);1-4,6H,5H2;1-5H;1-3H,(H,4,5);8*1-2H3. The van der Waals surface area contributed by atoms with E-state index in [0.29, 0.717) is 46.9 Å². The second kappa shape index (κ2) is 53.2. The molecule has 0 saturated carbocycles. The summed E-state index contributed by atoms with van der Waals surface area (Å²) in [5.41, 5.74) is 52.6. The summed E-state index contributed by atoms with van der Waals surface area (Å²) in [5.74, 6) is 4.20. The molecule has 4 atom stereocenters. The van der Waals surface area contributed by atoms with Gasteiger partial charge in [0.2, 0.25) is 0 Å². The molecule has 11 heterocycles. The lowest BCUT2D eigenvalue weighted by molar-refractivity contribution is 0.586. The molecule has 658 valence electrons. The lowest BCUT2D eigenvalue weighted by atomic mass is 9.81. The summed E-state index contributed by atoms with van der Waals surface area (Å²) in [4.78, 5) is 42.6. The molecule has 5 aliphatic rings. The first-order chi connectivity index (χ1) is 61.5. The third-order valence-corrected chi connectivity index (χ3v) is 21.7. The van der Waals surface area contributed by atoms with Gasteiger partial charge >= 0.3 is 0 Å². The van der Waals surface area contributed by atoms with Crippen LogP contribution in [0, 0.1) is 0 Å². The van der Waals surface area contributed by atoms with E-state index in [0.717, 1.165) is 120 Å². The fourth-order valence-corrected chi connectivity index (χ4v) is 16.4. The van der Waals surface area contributed by atoms with Crippen LogP contribution in [-0.2, 0) is 78.9 Å². The number of benzene rings is 6. The van der Waals surface area contributed by atoms with Crippen molar-refractivity contribution in [3.8, 4) is 5.69 Å². The summed E-state index contributed by atoms with van der Waals surface area (Å²) in [5, 5.41) is 6.21. The summed E-state index contributed by atoms with van der Waals surface area (Å²) in [6.45, 7) is 32.0. The summed E-state index contributed by atoms with van der Waals surface area (Å²) in [7, 11) is 6.05. The van der Waals surface area contributed by atoms with Crippen molar-refractivity contribution >= 4 is 79.3 Å². The lowest BCUT2D eigenvalue weighted by Crippen LogP contribution is -2.12. The normalized spacial score (nSPS) is 14.5. The number of anilines is 4. The molecule has 20 nitrogen and oxygen atoms in total. The molecular formula is C105H138N20. The zero-order valence-electron chi connectivity index (χ0n) is 77.8. The van der Waals surface area contributed by atoms with Crippen LogP contribution in [0.3, 0.4) is 0 Å². The molecule has 20 heteroatoms. The van der Waals surface area contributed by atoms with Crippen molar-refractivity contribution in [1.29, 1.82) is 0 Å². The zero-order valence-corrected chi connectivity index (χ0v) is 77.8. The molecule has 4 aliphatic carbocycles. The highest BCUT2D eigenvalue weighted by atomic mass is 15.1. The lowest BCUT2D eigenvalue weighted by Gasteiger charge is -2.24. The number of pyridine rings is 1. The van der Waals surface area contributed by atoms with Crippen LogP contribution in [0.5, 0.6) is 0 Å². The maximum Gasteiger partial charge on any atom is 0.151 e. The van der Waals surface area contributed by atoms with Gasteiger partial charge in [-0.1, -0.05) is 250 Å². The van der Waals surface area contributed by atoms with Crippen LogP contribution in [0.15, 0.2) is 256 Å². The van der Waals surface area contributed by atoms with E-state index in [1.165, 1.54) is 91.6 Å². The van der Waals surface area contributed by atoms with Crippen LogP contribution in [0.4, 0.5) is 29.0 Å². The van der Waals surface area contributed by atoms with E-state index in [1.54, 1.807) is 50.1 Å². The minimum absolute atomic E-state index is 0.451. The Hall–Kier alpha value is -13.0. The van der Waals surface area contributed by atoms with Gasteiger partial charge in [0.25, 0.3) is 0 Å². The fraction of sp³-hybridized carbons (Fsp3) is 0.343. The van der Waals surface area contributed by atoms with Gasteiger partial charge in [-0.05, 0) is 204 Å². The molecule has 9 N–H and O–H groups in total. The third-order valence-electron chi connectivity index (χ3n) is 21.7. The maximum absolute atomic E-state index is 6.24. The number of aromatic nitrogens is 15. The summed E-state index contributed by atoms with van der Waals surface area (Å²) in [6, 6.07) is 61.1. The molecule has 0 amide bonds. The zero-order chi connectivity index (χ0) is 90.6. The Labute approximate surface area is 744 Å². The molecular weight excluding hydrogens is 1540 g/mol. The monoisotopic (exact) mass is 1680 g/mol. The van der Waals surface area contributed by atoms with E-state index in [2.05, 4.69) is 218 Å². The number of nitrogens with zero attached hydrogens (tertiary/aromatic N) is 15. The number of aromatic amines is 1. The Balaban J connectivity index is 0.000000203. The number of nitrogens with two attached hydrogens (primary N) is 4. The number of aryl methyl sites for hydroxylation is 7. The highest BCUT2D eigenvalue weighted by Gasteiger charge is 2.29. The van der Waals surface area contributed by atoms with E-state index in [4.69, 9.17) is 22.9 Å². The van der Waals surface area contributed by atoms with Crippen molar-refractivity contribution in [2.24, 2.45) is 26.1 Å². The van der Waals surface area contributed by atoms with Crippen molar-refractivity contribution in [3.05, 3.63) is 323 Å². The van der Waals surface area contributed by atoms with Crippen LogP contribution < -0.4 is 22.9 Å². The maximum atomic E-state index is 6.24. The molecule has 0 bridgehead atoms. The van der Waals surface area contributed by atoms with Gasteiger partial charge in [0, 0.05) is 94.6 Å². The Morgan fingerprint density at radius 2 is 0.600 bits per heavy atom. The smallest absolute Gasteiger partial charge is 0.151 e. The Kier molecular flexibility index (Phi) is 42.2. The topological polar surface area (TPSA) is 281 Å². The van der Waals surface area contributed by atoms with Crippen molar-refractivity contribution in [2.75, 3.05) is 22.9 Å². The molecule has 0 fully saturated rings. The van der Waals surface area contributed by atoms with Gasteiger partial charge in [-0.2, -0.15) is 5.10 Å². The second-order valence-corrected chi connectivity index (χ2v) is 28.5. The molecule has 0 saturated heterocycles. The van der Waals surface area contributed by atoms with Crippen LogP contribution in [-0.4, -0.2) is 79.5 Å². The van der Waals surface area contributed by atoms with Crippen molar-refractivity contribution in [3.63, 3.8) is 0 Å². The van der Waals surface area contributed by atoms with Crippen LogP contribution in [0.2, 0.25) is 0 Å². The number of aliphatic imine (C=N–C) groups is 1. The average molecular weight is 1680 g/mol. The molecule has 0 spiro atoms. The molecule has 16 aromatic rings. The van der Waals surface area contributed by atoms with E-state index in [1.807, 2.05) is 199 Å². The number of hydrogen-bond donors (Lipinski definition) is 5. The number of nitrogens with one attached hydrogen (secondary N) is 1. The predicted molar refractivity (Wildman–Crippen MR) is 529 cm³/mol. The summed E-state index contributed by atoms with van der Waals surface area (Å²) in [6.07, 6.45) is 38.4. The number of H-pyrrole nitrogens is 1. The van der Waals surface area contributed by atoms with Crippen molar-refractivity contribution in [2.45, 2.75) is 218 Å². The SMILES string of the molecule is C1=Nc2ccccc2C1.CC.CC.CC.CC.CC.CC.CC.CC.Cn1cc(C2CCc3ccccc3C2)c2ncnc(N)c21.Cn1cc(C2CCc3ccccc3C2)c2ncnc(N)c21.Cn1cc(C2CCc3ccccc3C2)c2ncnc(N)c21.Nc1ncnc2c(C3CCc4ccccc4C3)cn(-c3ccccc3)c12.c1ccncc1.c1cn[nH]c1. The van der Waals surface area contributed by atoms with Crippen LogP contribution >= 0.6 is 0 Å². The van der Waals surface area contributed by atoms with Gasteiger partial charge in [-0.25, -0.2) is 39.9 Å². The highest BCUT2D eigenvalue weighted by Crippen LogP contribution is 2.42. The predicted octanol–water partition coefficient (Wildman–Crippen LogP) is 24.4. The van der Waals surface area contributed by atoms with Crippen LogP contribution in [0.1, 0.15) is 232 Å². The highest BCUT2D eigenvalue weighted by molar-refractivity contribution is 5.92. The molecule has 0 radical (unpaired) electrons. The molecule has 21 rings (SSSR count). The van der Waals surface area contributed by atoms with E-state index < -0.39 is 0 Å².